The van der Waals surface area contributed by atoms with Gasteiger partial charge in [-0.05, 0) is 42.5 Å². The van der Waals surface area contributed by atoms with Crippen molar-refractivity contribution in [3.05, 3.63) is 48.2 Å². The molecule has 0 saturated heterocycles. The first-order valence-electron chi connectivity index (χ1n) is 6.14. The lowest BCUT2D eigenvalue weighted by molar-refractivity contribution is 0.442. The maximum absolute atomic E-state index is 9.94. The molecule has 108 valence electrons. The summed E-state index contributed by atoms with van der Waals surface area (Å²) >= 11 is 0. The van der Waals surface area contributed by atoms with Crippen molar-refractivity contribution in [3.8, 4) is 11.6 Å². The minimum absolute atomic E-state index is 0.123. The Kier molecular flexibility index (Phi) is 4.25. The predicted octanol–water partition coefficient (Wildman–Crippen LogP) is 1.25. The van der Waals surface area contributed by atoms with Gasteiger partial charge in [0.25, 0.3) is 0 Å². The summed E-state index contributed by atoms with van der Waals surface area (Å²) in [5, 5.41) is 20.6. The molecule has 0 aliphatic heterocycles. The fraction of sp³-hybridized carbons (Fsp3) is 0. The second kappa shape index (κ2) is 6.29. The van der Waals surface area contributed by atoms with Crippen LogP contribution in [0, 0.1) is 5.41 Å². The highest BCUT2D eigenvalue weighted by Gasteiger charge is 2.06. The molecule has 21 heavy (non-hydrogen) atoms. The fourth-order valence-electron chi connectivity index (χ4n) is 1.77. The summed E-state index contributed by atoms with van der Waals surface area (Å²) in [5.41, 5.74) is 15.3. The third kappa shape index (κ3) is 3.63. The molecule has 0 bridgehead atoms. The average Bonchev–Trinajstić information content (AvgIpc) is 2.80. The quantitative estimate of drug-likeness (QED) is 0.251. The maximum atomic E-state index is 9.94. The van der Waals surface area contributed by atoms with E-state index in [1.807, 2.05) is 12.1 Å². The molecule has 0 saturated carbocycles. The van der Waals surface area contributed by atoms with Crippen LogP contribution in [0.3, 0.4) is 0 Å². The van der Waals surface area contributed by atoms with Gasteiger partial charge in [-0.3, -0.25) is 9.98 Å². The van der Waals surface area contributed by atoms with Crippen molar-refractivity contribution in [2.45, 2.75) is 0 Å². The Labute approximate surface area is 121 Å². The van der Waals surface area contributed by atoms with Gasteiger partial charge in [-0.1, -0.05) is 0 Å². The van der Waals surface area contributed by atoms with Crippen LogP contribution < -0.4 is 16.9 Å². The lowest BCUT2D eigenvalue weighted by atomic mass is 10.2. The number of nitrogens with one attached hydrogen (secondary N) is 2. The highest BCUT2D eigenvalue weighted by Crippen LogP contribution is 2.23. The van der Waals surface area contributed by atoms with E-state index in [9.17, 15) is 5.11 Å². The zero-order chi connectivity index (χ0) is 15.2. The number of guanidine groups is 1. The normalized spacial score (nSPS) is 11.2. The van der Waals surface area contributed by atoms with Gasteiger partial charge >= 0.3 is 0 Å². The molecule has 0 atom stereocenters. The number of aromatic hydroxyl groups is 1. The smallest absolute Gasteiger partial charge is 0.206 e. The van der Waals surface area contributed by atoms with E-state index in [-0.39, 0.29) is 11.8 Å². The minimum atomic E-state index is -0.234. The van der Waals surface area contributed by atoms with E-state index in [0.717, 1.165) is 11.4 Å². The van der Waals surface area contributed by atoms with Crippen molar-refractivity contribution in [1.29, 1.82) is 5.41 Å². The van der Waals surface area contributed by atoms with Gasteiger partial charge in [0.05, 0.1) is 0 Å². The standard InChI is InChI=1S/C14H16N6O/c15-10-3-5-12(6-4-10)20-11(7-8-13(20)21)2-1-9-18-19-14(16)17/h1-9,21H,15H2,(H4,16,17,19)/b2-1+,18-9+. The van der Waals surface area contributed by atoms with E-state index >= 15 is 0 Å². The van der Waals surface area contributed by atoms with Crippen LogP contribution in [-0.2, 0) is 0 Å². The third-order valence-electron chi connectivity index (χ3n) is 2.65. The van der Waals surface area contributed by atoms with E-state index in [0.29, 0.717) is 5.69 Å². The summed E-state index contributed by atoms with van der Waals surface area (Å²) in [4.78, 5) is 0. The molecule has 0 unspecified atom stereocenters. The summed E-state index contributed by atoms with van der Waals surface area (Å²) < 4.78 is 1.67. The first-order chi connectivity index (χ1) is 10.1. The SMILES string of the molecule is N=C(N)N/N=C/C=C/c1ccc(O)n1-c1ccc(N)cc1. The van der Waals surface area contributed by atoms with Crippen molar-refractivity contribution in [1.82, 2.24) is 9.99 Å². The molecular weight excluding hydrogens is 268 g/mol. The summed E-state index contributed by atoms with van der Waals surface area (Å²) in [6, 6.07) is 10.5. The Morgan fingerprint density at radius 3 is 2.62 bits per heavy atom. The molecule has 1 aromatic carbocycles. The summed E-state index contributed by atoms with van der Waals surface area (Å²) in [6.45, 7) is 0. The highest BCUT2D eigenvalue weighted by molar-refractivity contribution is 5.80. The molecule has 0 aliphatic carbocycles. The summed E-state index contributed by atoms with van der Waals surface area (Å²) in [6.07, 6.45) is 4.89. The summed E-state index contributed by atoms with van der Waals surface area (Å²) in [7, 11) is 0. The number of allylic oxidation sites excluding steroid dienone is 1. The molecule has 0 aliphatic rings. The minimum Gasteiger partial charge on any atom is -0.494 e. The molecule has 0 fully saturated rings. The topological polar surface area (TPSA) is 125 Å². The number of hydrogen-bond donors (Lipinski definition) is 5. The zero-order valence-corrected chi connectivity index (χ0v) is 11.2. The fourth-order valence-corrected chi connectivity index (χ4v) is 1.77. The Morgan fingerprint density at radius 1 is 1.24 bits per heavy atom. The Morgan fingerprint density at radius 2 is 1.95 bits per heavy atom. The van der Waals surface area contributed by atoms with Gasteiger partial charge in [-0.2, -0.15) is 5.10 Å². The second-order valence-corrected chi connectivity index (χ2v) is 4.21. The van der Waals surface area contributed by atoms with Crippen LogP contribution in [0.1, 0.15) is 5.69 Å². The molecule has 0 amide bonds. The number of nitrogens with zero attached hydrogens (tertiary/aromatic N) is 2. The molecule has 7 N–H and O–H groups in total. The van der Waals surface area contributed by atoms with Crippen molar-refractivity contribution in [2.75, 3.05) is 5.73 Å². The summed E-state index contributed by atoms with van der Waals surface area (Å²) in [5.74, 6) is -0.110. The third-order valence-corrected chi connectivity index (χ3v) is 2.65. The van der Waals surface area contributed by atoms with E-state index in [4.69, 9.17) is 16.9 Å². The number of nitrogen functional groups attached to an aromatic ring is 1. The number of hydrazone groups is 1. The van der Waals surface area contributed by atoms with E-state index in [1.54, 1.807) is 41.0 Å². The molecule has 0 radical (unpaired) electrons. The van der Waals surface area contributed by atoms with Gasteiger partial charge in [-0.15, -0.1) is 0 Å². The molecule has 0 spiro atoms. The molecule has 1 aromatic heterocycles. The van der Waals surface area contributed by atoms with E-state index < -0.39 is 0 Å². The Bertz CT molecular complexity index is 684. The maximum Gasteiger partial charge on any atom is 0.206 e. The Balaban J connectivity index is 2.22. The number of aromatic nitrogens is 1. The van der Waals surface area contributed by atoms with Gasteiger partial charge in [-0.25, -0.2) is 5.43 Å². The molecule has 2 rings (SSSR count). The van der Waals surface area contributed by atoms with Crippen molar-refractivity contribution in [3.63, 3.8) is 0 Å². The molecular formula is C14H16N6O. The van der Waals surface area contributed by atoms with Crippen molar-refractivity contribution >= 4 is 23.9 Å². The second-order valence-electron chi connectivity index (χ2n) is 4.21. The number of hydrogen-bond acceptors (Lipinski definition) is 4. The first-order valence-corrected chi connectivity index (χ1v) is 6.14. The number of rotatable bonds is 4. The predicted molar refractivity (Wildman–Crippen MR) is 84.4 cm³/mol. The number of benzene rings is 1. The highest BCUT2D eigenvalue weighted by atomic mass is 16.3. The molecule has 1 heterocycles. The molecule has 7 heteroatoms. The first kappa shape index (κ1) is 14.2. The van der Waals surface area contributed by atoms with E-state index in [2.05, 4.69) is 10.5 Å². The van der Waals surface area contributed by atoms with Gasteiger partial charge in [0.1, 0.15) is 0 Å². The Hall–Kier alpha value is -3.22. The van der Waals surface area contributed by atoms with Crippen LogP contribution in [0.4, 0.5) is 5.69 Å². The number of nitrogens with two attached hydrogens (primary N) is 2. The molecule has 2 aromatic rings. The van der Waals surface area contributed by atoms with Crippen LogP contribution in [0.5, 0.6) is 5.88 Å². The van der Waals surface area contributed by atoms with Crippen molar-refractivity contribution in [2.24, 2.45) is 10.8 Å². The van der Waals surface area contributed by atoms with Crippen LogP contribution in [0.15, 0.2) is 47.6 Å². The van der Waals surface area contributed by atoms with Crippen LogP contribution >= 0.6 is 0 Å². The van der Waals surface area contributed by atoms with Gasteiger partial charge < -0.3 is 16.6 Å². The molecule has 7 nitrogen and oxygen atoms in total. The zero-order valence-electron chi connectivity index (χ0n) is 11.2. The van der Waals surface area contributed by atoms with Gasteiger partial charge in [0.15, 0.2) is 5.88 Å². The number of anilines is 1. The van der Waals surface area contributed by atoms with Gasteiger partial charge in [0, 0.05) is 29.3 Å². The average molecular weight is 284 g/mol. The van der Waals surface area contributed by atoms with Crippen molar-refractivity contribution < 1.29 is 5.11 Å². The van der Waals surface area contributed by atoms with Crippen LogP contribution in [0.25, 0.3) is 11.8 Å². The lowest BCUT2D eigenvalue weighted by Crippen LogP contribution is -2.25. The van der Waals surface area contributed by atoms with Crippen LogP contribution in [0.2, 0.25) is 0 Å². The largest absolute Gasteiger partial charge is 0.494 e. The lowest BCUT2D eigenvalue weighted by Gasteiger charge is -2.08. The van der Waals surface area contributed by atoms with E-state index in [1.165, 1.54) is 6.21 Å². The van der Waals surface area contributed by atoms with Gasteiger partial charge in [0.2, 0.25) is 5.96 Å². The van der Waals surface area contributed by atoms with Crippen LogP contribution in [-0.4, -0.2) is 21.8 Å². The monoisotopic (exact) mass is 284 g/mol.